The molecule has 0 aromatic heterocycles. The van der Waals surface area contributed by atoms with Gasteiger partial charge in [-0.3, -0.25) is 4.79 Å². The van der Waals surface area contributed by atoms with Crippen molar-refractivity contribution in [3.05, 3.63) is 28.8 Å². The lowest BCUT2D eigenvalue weighted by Gasteiger charge is -2.21. The number of unbranched alkanes of at least 4 members (excludes halogenated alkanes) is 1. The highest BCUT2D eigenvalue weighted by molar-refractivity contribution is 5.79. The van der Waals surface area contributed by atoms with Crippen LogP contribution >= 0.6 is 0 Å². The molecule has 0 radical (unpaired) electrons. The average molecular weight is 293 g/mol. The van der Waals surface area contributed by atoms with E-state index in [1.807, 2.05) is 0 Å². The fraction of sp³-hybridized carbons (Fsp3) is 0.588. The Kier molecular flexibility index (Phi) is 6.21. The van der Waals surface area contributed by atoms with Crippen LogP contribution in [0.15, 0.2) is 12.1 Å². The monoisotopic (exact) mass is 293 g/mol. The van der Waals surface area contributed by atoms with E-state index in [1.54, 1.807) is 6.92 Å². The van der Waals surface area contributed by atoms with Gasteiger partial charge in [-0.05, 0) is 69.7 Å². The third kappa shape index (κ3) is 5.05. The molecule has 0 fully saturated rings. The zero-order valence-electron chi connectivity index (χ0n) is 13.8. The molecule has 0 aliphatic heterocycles. The van der Waals surface area contributed by atoms with Gasteiger partial charge in [-0.1, -0.05) is 6.07 Å². The summed E-state index contributed by atoms with van der Waals surface area (Å²) in [4.78, 5) is 11.5. The Morgan fingerprint density at radius 3 is 2.52 bits per heavy atom. The molecule has 0 saturated carbocycles. The fourth-order valence-electron chi connectivity index (χ4n) is 2.26. The van der Waals surface area contributed by atoms with Crippen molar-refractivity contribution in [1.29, 1.82) is 0 Å². The van der Waals surface area contributed by atoms with Crippen molar-refractivity contribution in [2.45, 2.75) is 52.5 Å². The Morgan fingerprint density at radius 1 is 1.24 bits per heavy atom. The van der Waals surface area contributed by atoms with Gasteiger partial charge in [0.05, 0.1) is 13.7 Å². The van der Waals surface area contributed by atoms with Crippen LogP contribution in [0, 0.1) is 20.8 Å². The normalized spacial score (nSPS) is 13.6. The number of ether oxygens (including phenoxy) is 2. The Hall–Kier alpha value is -1.55. The zero-order valence-corrected chi connectivity index (χ0v) is 13.8. The van der Waals surface area contributed by atoms with Gasteiger partial charge in [-0.2, -0.15) is 0 Å². The van der Waals surface area contributed by atoms with Gasteiger partial charge in [0.15, 0.2) is 0 Å². The summed E-state index contributed by atoms with van der Waals surface area (Å²) in [5, 5.41) is 0. The third-order valence-electron chi connectivity index (χ3n) is 3.76. The van der Waals surface area contributed by atoms with Gasteiger partial charge in [0.2, 0.25) is 0 Å². The summed E-state index contributed by atoms with van der Waals surface area (Å²) in [5.41, 5.74) is 8.62. The molecule has 1 unspecified atom stereocenters. The molecule has 1 aromatic carbocycles. The molecule has 1 aromatic rings. The van der Waals surface area contributed by atoms with Crippen LogP contribution in [0.3, 0.4) is 0 Å². The highest BCUT2D eigenvalue weighted by Crippen LogP contribution is 2.23. The smallest absolute Gasteiger partial charge is 0.325 e. The summed E-state index contributed by atoms with van der Waals surface area (Å²) >= 11 is 0. The summed E-state index contributed by atoms with van der Waals surface area (Å²) in [5.74, 6) is 0.574. The predicted octanol–water partition coefficient (Wildman–Crippen LogP) is 3.05. The SMILES string of the molecule is COC(=O)C(C)(N)CCCCOc1cc(C)cc(C)c1C. The molecule has 0 heterocycles. The van der Waals surface area contributed by atoms with E-state index in [-0.39, 0.29) is 5.97 Å². The van der Waals surface area contributed by atoms with Crippen molar-refractivity contribution >= 4 is 5.97 Å². The van der Waals surface area contributed by atoms with E-state index in [1.165, 1.54) is 23.8 Å². The first-order valence-electron chi connectivity index (χ1n) is 7.36. The second-order valence-electron chi connectivity index (χ2n) is 5.92. The number of methoxy groups -OCH3 is 1. The number of carbonyl (C=O) groups excluding carboxylic acids is 1. The van der Waals surface area contributed by atoms with Crippen molar-refractivity contribution < 1.29 is 14.3 Å². The largest absolute Gasteiger partial charge is 0.493 e. The minimum Gasteiger partial charge on any atom is -0.493 e. The number of aryl methyl sites for hydroxylation is 2. The lowest BCUT2D eigenvalue weighted by Crippen LogP contribution is -2.45. The maximum atomic E-state index is 11.5. The summed E-state index contributed by atoms with van der Waals surface area (Å²) in [6.07, 6.45) is 2.27. The van der Waals surface area contributed by atoms with Crippen molar-refractivity contribution in [3.8, 4) is 5.75 Å². The molecule has 118 valence electrons. The van der Waals surface area contributed by atoms with Crippen LogP contribution < -0.4 is 10.5 Å². The highest BCUT2D eigenvalue weighted by atomic mass is 16.5. The Labute approximate surface area is 127 Å². The molecule has 0 amide bonds. The molecular formula is C17H27NO3. The van der Waals surface area contributed by atoms with E-state index >= 15 is 0 Å². The summed E-state index contributed by atoms with van der Waals surface area (Å²) < 4.78 is 10.5. The van der Waals surface area contributed by atoms with Gasteiger partial charge in [-0.15, -0.1) is 0 Å². The molecule has 0 aliphatic rings. The quantitative estimate of drug-likeness (QED) is 0.620. The standard InChI is InChI=1S/C17H27NO3/c1-12-10-13(2)14(3)15(11-12)21-9-7-6-8-17(4,18)16(19)20-5/h10-11H,6-9,18H2,1-5H3. The Bertz CT molecular complexity index is 495. The van der Waals surface area contributed by atoms with E-state index in [0.717, 1.165) is 18.6 Å². The van der Waals surface area contributed by atoms with Crippen LogP contribution in [0.1, 0.15) is 42.9 Å². The topological polar surface area (TPSA) is 61.5 Å². The zero-order chi connectivity index (χ0) is 16.0. The van der Waals surface area contributed by atoms with E-state index in [9.17, 15) is 4.79 Å². The number of nitrogens with two attached hydrogens (primary N) is 1. The number of carbonyl (C=O) groups is 1. The highest BCUT2D eigenvalue weighted by Gasteiger charge is 2.28. The van der Waals surface area contributed by atoms with E-state index in [4.69, 9.17) is 10.5 Å². The Morgan fingerprint density at radius 2 is 1.90 bits per heavy atom. The minimum atomic E-state index is -0.912. The number of hydrogen-bond acceptors (Lipinski definition) is 4. The van der Waals surface area contributed by atoms with Gasteiger partial charge in [0.25, 0.3) is 0 Å². The van der Waals surface area contributed by atoms with Crippen LogP contribution in [0.5, 0.6) is 5.75 Å². The first-order chi connectivity index (χ1) is 9.77. The lowest BCUT2D eigenvalue weighted by molar-refractivity contribution is -0.146. The lowest BCUT2D eigenvalue weighted by atomic mass is 9.96. The van der Waals surface area contributed by atoms with Crippen molar-refractivity contribution in [2.75, 3.05) is 13.7 Å². The van der Waals surface area contributed by atoms with Crippen LogP contribution in [-0.2, 0) is 9.53 Å². The van der Waals surface area contributed by atoms with Gasteiger partial charge < -0.3 is 15.2 Å². The molecule has 0 spiro atoms. The van der Waals surface area contributed by atoms with Crippen LogP contribution in [0.4, 0.5) is 0 Å². The molecule has 0 saturated heterocycles. The number of hydrogen-bond donors (Lipinski definition) is 1. The second kappa shape index (κ2) is 7.46. The molecule has 0 aliphatic carbocycles. The van der Waals surface area contributed by atoms with Crippen LogP contribution in [0.2, 0.25) is 0 Å². The van der Waals surface area contributed by atoms with Crippen LogP contribution in [0.25, 0.3) is 0 Å². The maximum absolute atomic E-state index is 11.5. The predicted molar refractivity (Wildman–Crippen MR) is 84.6 cm³/mol. The molecule has 0 bridgehead atoms. The number of rotatable bonds is 7. The third-order valence-corrected chi connectivity index (χ3v) is 3.76. The first-order valence-corrected chi connectivity index (χ1v) is 7.36. The van der Waals surface area contributed by atoms with Crippen molar-refractivity contribution in [3.63, 3.8) is 0 Å². The minimum absolute atomic E-state index is 0.367. The van der Waals surface area contributed by atoms with E-state index in [2.05, 4.69) is 37.6 Å². The van der Waals surface area contributed by atoms with Crippen LogP contribution in [-0.4, -0.2) is 25.2 Å². The molecule has 2 N–H and O–H groups in total. The van der Waals surface area contributed by atoms with Gasteiger partial charge >= 0.3 is 5.97 Å². The summed E-state index contributed by atoms with van der Waals surface area (Å²) in [6, 6.07) is 4.21. The molecule has 4 nitrogen and oxygen atoms in total. The van der Waals surface area contributed by atoms with E-state index < -0.39 is 5.54 Å². The fourth-order valence-corrected chi connectivity index (χ4v) is 2.26. The van der Waals surface area contributed by atoms with Crippen molar-refractivity contribution in [2.24, 2.45) is 5.73 Å². The number of esters is 1. The first kappa shape index (κ1) is 17.5. The summed E-state index contributed by atoms with van der Waals surface area (Å²) in [6.45, 7) is 8.55. The summed E-state index contributed by atoms with van der Waals surface area (Å²) in [7, 11) is 1.36. The molecule has 1 rings (SSSR count). The second-order valence-corrected chi connectivity index (χ2v) is 5.92. The average Bonchev–Trinajstić information content (AvgIpc) is 2.42. The molecular weight excluding hydrogens is 266 g/mol. The van der Waals surface area contributed by atoms with Gasteiger partial charge in [0, 0.05) is 0 Å². The molecule has 1 atom stereocenters. The van der Waals surface area contributed by atoms with E-state index in [0.29, 0.717) is 13.0 Å². The molecule has 21 heavy (non-hydrogen) atoms. The van der Waals surface area contributed by atoms with Gasteiger partial charge in [-0.25, -0.2) is 0 Å². The Balaban J connectivity index is 2.40. The maximum Gasteiger partial charge on any atom is 0.325 e. The number of benzene rings is 1. The van der Waals surface area contributed by atoms with Gasteiger partial charge in [0.1, 0.15) is 11.3 Å². The van der Waals surface area contributed by atoms with Crippen molar-refractivity contribution in [1.82, 2.24) is 0 Å². The molecule has 4 heteroatoms.